The maximum atomic E-state index is 13.5. The summed E-state index contributed by atoms with van der Waals surface area (Å²) in [5.41, 5.74) is 12.9. The number of carboxylic acids is 1. The van der Waals surface area contributed by atoms with Crippen LogP contribution in [0.3, 0.4) is 0 Å². The van der Waals surface area contributed by atoms with Gasteiger partial charge in [0.15, 0.2) is 0 Å². The van der Waals surface area contributed by atoms with Gasteiger partial charge in [-0.1, -0.05) is 45.9 Å². The predicted octanol–water partition coefficient (Wildman–Crippen LogP) is 0.544. The number of amides is 4. The van der Waals surface area contributed by atoms with Crippen molar-refractivity contribution in [3.8, 4) is 0 Å². The Hall–Kier alpha value is -3.93. The highest BCUT2D eigenvalue weighted by molar-refractivity contribution is 5.96. The lowest BCUT2D eigenvalue weighted by atomic mass is 10.0. The first-order chi connectivity index (χ1) is 18.3. The molecule has 0 bridgehead atoms. The molecular weight excluding hydrogens is 504 g/mol. The molecule has 0 radical (unpaired) electrons. The number of carbonyl (C=O) groups excluding carboxylic acids is 4. The first kappa shape index (κ1) is 31.3. The number of benzene rings is 1. The Morgan fingerprint density at radius 2 is 1.41 bits per heavy atom. The zero-order valence-corrected chi connectivity index (χ0v) is 22.8. The summed E-state index contributed by atoms with van der Waals surface area (Å²) < 4.78 is 0. The molecule has 0 aliphatic heterocycles. The molecule has 9 N–H and O–H groups in total. The Kier molecular flexibility index (Phi) is 11.5. The van der Waals surface area contributed by atoms with E-state index >= 15 is 0 Å². The number of hydrogen-bond acceptors (Lipinski definition) is 6. The molecule has 1 heterocycles. The number of H-pyrrole nitrogens is 1. The summed E-state index contributed by atoms with van der Waals surface area (Å²) in [7, 11) is 0. The number of fused-ring (bicyclic) bond motifs is 1. The number of primary amides is 1. The molecule has 39 heavy (non-hydrogen) atoms. The lowest BCUT2D eigenvalue weighted by Crippen LogP contribution is -2.58. The topological polar surface area (TPSA) is 209 Å². The SMILES string of the molecule is CC(C)CC(N)C(=O)NC(Cc1c[nH]c2ccccc12)C(=O)NC(CC(N)=O)C(=O)NC(CC(C)C)C(=O)O. The molecule has 2 aromatic rings. The van der Waals surface area contributed by atoms with Crippen molar-refractivity contribution in [1.82, 2.24) is 20.9 Å². The van der Waals surface area contributed by atoms with Crippen LogP contribution in [0.4, 0.5) is 0 Å². The van der Waals surface area contributed by atoms with E-state index in [9.17, 15) is 29.1 Å². The highest BCUT2D eigenvalue weighted by Gasteiger charge is 2.32. The number of hydrogen-bond donors (Lipinski definition) is 7. The standard InChI is InChI=1S/C27H40N6O6/c1-14(2)9-18(28)24(35)31-20(11-16-13-30-19-8-6-5-7-17(16)19)25(36)32-21(12-23(29)34)26(37)33-22(27(38)39)10-15(3)4/h5-8,13-15,18,20-22,30H,9-12,28H2,1-4H3,(H2,29,34)(H,31,35)(H,32,36)(H,33,37)(H,38,39). The van der Waals surface area contributed by atoms with Crippen molar-refractivity contribution in [3.63, 3.8) is 0 Å². The van der Waals surface area contributed by atoms with Gasteiger partial charge in [0.2, 0.25) is 23.6 Å². The second-order valence-corrected chi connectivity index (χ2v) is 10.6. The van der Waals surface area contributed by atoms with Gasteiger partial charge in [-0.05, 0) is 36.3 Å². The highest BCUT2D eigenvalue weighted by atomic mass is 16.4. The van der Waals surface area contributed by atoms with Crippen molar-refractivity contribution >= 4 is 40.5 Å². The molecule has 4 amide bonds. The van der Waals surface area contributed by atoms with Crippen LogP contribution < -0.4 is 27.4 Å². The molecule has 0 saturated carbocycles. The Morgan fingerprint density at radius 1 is 0.846 bits per heavy atom. The van der Waals surface area contributed by atoms with Crippen LogP contribution in [0.1, 0.15) is 52.5 Å². The molecule has 1 aromatic carbocycles. The van der Waals surface area contributed by atoms with E-state index in [4.69, 9.17) is 11.5 Å². The van der Waals surface area contributed by atoms with Crippen molar-refractivity contribution in [3.05, 3.63) is 36.0 Å². The molecule has 4 atom stereocenters. The van der Waals surface area contributed by atoms with Crippen LogP contribution in [0.15, 0.2) is 30.5 Å². The summed E-state index contributed by atoms with van der Waals surface area (Å²) >= 11 is 0. The van der Waals surface area contributed by atoms with Crippen LogP contribution in [0.2, 0.25) is 0 Å². The van der Waals surface area contributed by atoms with Gasteiger partial charge in [-0.3, -0.25) is 19.2 Å². The summed E-state index contributed by atoms with van der Waals surface area (Å²) in [5.74, 6) is -4.18. The van der Waals surface area contributed by atoms with Crippen molar-refractivity contribution in [2.75, 3.05) is 0 Å². The fourth-order valence-electron chi connectivity index (χ4n) is 4.27. The van der Waals surface area contributed by atoms with Gasteiger partial charge >= 0.3 is 5.97 Å². The molecule has 214 valence electrons. The first-order valence-corrected chi connectivity index (χ1v) is 13.0. The second kappa shape index (κ2) is 14.3. The largest absolute Gasteiger partial charge is 0.480 e. The minimum Gasteiger partial charge on any atom is -0.480 e. The molecule has 12 heteroatoms. The van der Waals surface area contributed by atoms with Gasteiger partial charge in [0.05, 0.1) is 12.5 Å². The normalized spacial score (nSPS) is 14.4. The average Bonchev–Trinajstić information content (AvgIpc) is 3.24. The van der Waals surface area contributed by atoms with Crippen molar-refractivity contribution < 1.29 is 29.1 Å². The van der Waals surface area contributed by atoms with E-state index in [1.165, 1.54) is 0 Å². The molecule has 0 spiro atoms. The smallest absolute Gasteiger partial charge is 0.326 e. The van der Waals surface area contributed by atoms with E-state index in [0.717, 1.165) is 16.5 Å². The Morgan fingerprint density at radius 3 is 2.00 bits per heavy atom. The van der Waals surface area contributed by atoms with Crippen LogP contribution in [-0.4, -0.2) is 63.9 Å². The Balaban J connectivity index is 2.31. The molecule has 2 rings (SSSR count). The van der Waals surface area contributed by atoms with E-state index in [2.05, 4.69) is 20.9 Å². The van der Waals surface area contributed by atoms with Crippen molar-refractivity contribution in [1.29, 1.82) is 0 Å². The summed E-state index contributed by atoms with van der Waals surface area (Å²) in [4.78, 5) is 65.8. The van der Waals surface area contributed by atoms with Gasteiger partial charge in [-0.2, -0.15) is 0 Å². The van der Waals surface area contributed by atoms with Gasteiger partial charge in [-0.25, -0.2) is 4.79 Å². The molecule has 0 aliphatic carbocycles. The maximum Gasteiger partial charge on any atom is 0.326 e. The minimum absolute atomic E-state index is 0.0404. The summed E-state index contributed by atoms with van der Waals surface area (Å²) in [6.45, 7) is 7.43. The third kappa shape index (κ3) is 9.71. The second-order valence-electron chi connectivity index (χ2n) is 10.6. The van der Waals surface area contributed by atoms with E-state index in [1.54, 1.807) is 20.0 Å². The summed E-state index contributed by atoms with van der Waals surface area (Å²) in [5, 5.41) is 17.9. The molecule has 12 nitrogen and oxygen atoms in total. The summed E-state index contributed by atoms with van der Waals surface area (Å²) in [6, 6.07) is 2.76. The number of carbonyl (C=O) groups is 5. The van der Waals surface area contributed by atoms with Gasteiger partial charge in [0, 0.05) is 23.5 Å². The lowest BCUT2D eigenvalue weighted by Gasteiger charge is -2.25. The number of aliphatic carboxylic acids is 1. The molecule has 0 aliphatic rings. The number of rotatable bonds is 15. The van der Waals surface area contributed by atoms with Crippen molar-refractivity contribution in [2.24, 2.45) is 23.3 Å². The van der Waals surface area contributed by atoms with Gasteiger partial charge in [0.25, 0.3) is 0 Å². The number of aromatic amines is 1. The van der Waals surface area contributed by atoms with Crippen LogP contribution >= 0.6 is 0 Å². The zero-order valence-electron chi connectivity index (χ0n) is 22.8. The molecule has 1 aromatic heterocycles. The van der Waals surface area contributed by atoms with Crippen molar-refractivity contribution in [2.45, 2.75) is 77.5 Å². The summed E-state index contributed by atoms with van der Waals surface area (Å²) in [6.07, 6.45) is 1.76. The minimum atomic E-state index is -1.45. The highest BCUT2D eigenvalue weighted by Crippen LogP contribution is 2.19. The van der Waals surface area contributed by atoms with Crippen LogP contribution in [0.5, 0.6) is 0 Å². The number of para-hydroxylation sites is 1. The zero-order chi connectivity index (χ0) is 29.3. The maximum absolute atomic E-state index is 13.5. The fraction of sp³-hybridized carbons (Fsp3) is 0.519. The van der Waals surface area contributed by atoms with E-state index in [0.29, 0.717) is 6.42 Å². The average molecular weight is 545 g/mol. The monoisotopic (exact) mass is 544 g/mol. The van der Waals surface area contributed by atoms with Crippen LogP contribution in [0, 0.1) is 11.8 Å². The lowest BCUT2D eigenvalue weighted by molar-refractivity contribution is -0.143. The Bertz CT molecular complexity index is 1180. The quantitative estimate of drug-likeness (QED) is 0.169. The molecular formula is C27H40N6O6. The molecule has 4 unspecified atom stereocenters. The molecule has 0 fully saturated rings. The third-order valence-corrected chi connectivity index (χ3v) is 6.15. The number of aromatic nitrogens is 1. The third-order valence-electron chi connectivity index (χ3n) is 6.15. The number of nitrogens with one attached hydrogen (secondary N) is 4. The first-order valence-electron chi connectivity index (χ1n) is 13.0. The van der Waals surface area contributed by atoms with E-state index in [1.807, 2.05) is 38.1 Å². The predicted molar refractivity (Wildman–Crippen MR) is 146 cm³/mol. The number of nitrogens with two attached hydrogens (primary N) is 2. The van der Waals surface area contributed by atoms with Gasteiger partial charge in [-0.15, -0.1) is 0 Å². The van der Waals surface area contributed by atoms with Crippen LogP contribution in [-0.2, 0) is 30.4 Å². The van der Waals surface area contributed by atoms with E-state index in [-0.39, 0.29) is 24.7 Å². The number of carboxylic acid groups (broad SMARTS) is 1. The van der Waals surface area contributed by atoms with E-state index < -0.39 is 60.2 Å². The van der Waals surface area contributed by atoms with Gasteiger partial charge < -0.3 is 37.5 Å². The van der Waals surface area contributed by atoms with Gasteiger partial charge in [0.1, 0.15) is 18.1 Å². The Labute approximate surface area is 227 Å². The fourth-order valence-corrected chi connectivity index (χ4v) is 4.27. The van der Waals surface area contributed by atoms with Crippen LogP contribution in [0.25, 0.3) is 10.9 Å². The molecule has 0 saturated heterocycles.